The highest BCUT2D eigenvalue weighted by atomic mass is 19.1. The first-order valence-corrected chi connectivity index (χ1v) is 9.26. The molecule has 0 saturated carbocycles. The number of hydrogen-bond donors (Lipinski definition) is 1. The second-order valence-electron chi connectivity index (χ2n) is 7.07. The Kier molecular flexibility index (Phi) is 4.84. The van der Waals surface area contributed by atoms with Gasteiger partial charge in [0, 0.05) is 18.2 Å². The van der Waals surface area contributed by atoms with E-state index >= 15 is 0 Å². The molecule has 1 saturated heterocycles. The fourth-order valence-corrected chi connectivity index (χ4v) is 3.85. The van der Waals surface area contributed by atoms with Gasteiger partial charge in [-0.2, -0.15) is 0 Å². The molecule has 0 spiro atoms. The minimum absolute atomic E-state index is 0.0598. The normalized spacial score (nSPS) is 20.7. The number of imide groups is 1. The van der Waals surface area contributed by atoms with Crippen molar-refractivity contribution in [2.75, 3.05) is 10.2 Å². The maximum Gasteiger partial charge on any atom is 0.294 e. The van der Waals surface area contributed by atoms with Gasteiger partial charge in [0.25, 0.3) is 5.69 Å². The van der Waals surface area contributed by atoms with E-state index in [0.717, 1.165) is 4.90 Å². The van der Waals surface area contributed by atoms with Gasteiger partial charge in [-0.3, -0.25) is 19.7 Å². The number of allylic oxidation sites excluding steroid dienone is 2. The van der Waals surface area contributed by atoms with Crippen molar-refractivity contribution in [2.45, 2.75) is 19.4 Å². The lowest BCUT2D eigenvalue weighted by Crippen LogP contribution is -2.30. The Morgan fingerprint density at radius 2 is 1.72 bits per heavy atom. The number of carbonyl (C=O) groups is 2. The average molecular weight is 395 g/mol. The van der Waals surface area contributed by atoms with Crippen LogP contribution in [-0.2, 0) is 16.1 Å². The Bertz CT molecular complexity index is 1010. The van der Waals surface area contributed by atoms with Crippen LogP contribution in [0.2, 0.25) is 0 Å². The molecule has 2 amide bonds. The minimum Gasteiger partial charge on any atom is -0.375 e. The first-order chi connectivity index (χ1) is 14.0. The number of rotatable bonds is 5. The summed E-state index contributed by atoms with van der Waals surface area (Å²) in [5, 5.41) is 14.4. The lowest BCUT2D eigenvalue weighted by atomic mass is 9.85. The molecular weight excluding hydrogens is 377 g/mol. The molecule has 2 aromatic rings. The highest BCUT2D eigenvalue weighted by molar-refractivity contribution is 6.22. The third kappa shape index (κ3) is 3.37. The van der Waals surface area contributed by atoms with Gasteiger partial charge in [-0.15, -0.1) is 0 Å². The smallest absolute Gasteiger partial charge is 0.294 e. The summed E-state index contributed by atoms with van der Waals surface area (Å²) >= 11 is 0. The lowest BCUT2D eigenvalue weighted by molar-refractivity contribution is -0.383. The predicted octanol–water partition coefficient (Wildman–Crippen LogP) is 3.80. The molecule has 7 nitrogen and oxygen atoms in total. The number of halogens is 1. The van der Waals surface area contributed by atoms with Gasteiger partial charge in [-0.05, 0) is 31.0 Å². The zero-order valence-electron chi connectivity index (χ0n) is 15.4. The summed E-state index contributed by atoms with van der Waals surface area (Å²) in [6, 6.07) is 10.3. The third-order valence-electron chi connectivity index (χ3n) is 5.37. The van der Waals surface area contributed by atoms with Crippen molar-refractivity contribution in [3.63, 3.8) is 0 Å². The van der Waals surface area contributed by atoms with Gasteiger partial charge in [0.1, 0.15) is 11.5 Å². The van der Waals surface area contributed by atoms with Crippen LogP contribution in [0.25, 0.3) is 0 Å². The summed E-state index contributed by atoms with van der Waals surface area (Å²) in [6.45, 7) is 0.0598. The Morgan fingerprint density at radius 3 is 2.34 bits per heavy atom. The van der Waals surface area contributed by atoms with Crippen molar-refractivity contribution >= 4 is 28.9 Å². The van der Waals surface area contributed by atoms with Crippen molar-refractivity contribution in [1.82, 2.24) is 0 Å². The number of carbonyl (C=O) groups excluding carboxylic acids is 2. The molecule has 2 aliphatic rings. The summed E-state index contributed by atoms with van der Waals surface area (Å²) in [5.41, 5.74) is 0.442. The van der Waals surface area contributed by atoms with E-state index < -0.39 is 22.6 Å². The first-order valence-electron chi connectivity index (χ1n) is 9.26. The molecule has 1 fully saturated rings. The number of hydrogen-bond acceptors (Lipinski definition) is 5. The molecule has 148 valence electrons. The van der Waals surface area contributed by atoms with Crippen LogP contribution in [0.5, 0.6) is 0 Å². The SMILES string of the molecule is O=C1[C@H]2CC=CC[C@H]2C(=O)N1c1ccc(NCc2ccccc2F)c([N+](=O)[O-])c1. The molecule has 1 heterocycles. The summed E-state index contributed by atoms with van der Waals surface area (Å²) in [4.78, 5) is 37.5. The largest absolute Gasteiger partial charge is 0.375 e. The van der Waals surface area contributed by atoms with Gasteiger partial charge in [0.2, 0.25) is 11.8 Å². The third-order valence-corrected chi connectivity index (χ3v) is 5.37. The van der Waals surface area contributed by atoms with Gasteiger partial charge >= 0.3 is 0 Å². The van der Waals surface area contributed by atoms with Crippen LogP contribution in [0.15, 0.2) is 54.6 Å². The van der Waals surface area contributed by atoms with Gasteiger partial charge in [-0.25, -0.2) is 9.29 Å². The molecule has 2 aromatic carbocycles. The molecule has 8 heteroatoms. The van der Waals surface area contributed by atoms with E-state index in [-0.39, 0.29) is 35.4 Å². The Morgan fingerprint density at radius 1 is 1.07 bits per heavy atom. The highest BCUT2D eigenvalue weighted by Crippen LogP contribution is 2.39. The van der Waals surface area contributed by atoms with Gasteiger partial charge in [0.15, 0.2) is 0 Å². The fraction of sp³-hybridized carbons (Fsp3) is 0.238. The summed E-state index contributed by atoms with van der Waals surface area (Å²) < 4.78 is 13.8. The number of fused-ring (bicyclic) bond motifs is 1. The number of benzene rings is 2. The summed E-state index contributed by atoms with van der Waals surface area (Å²) in [5.74, 6) is -1.89. The Labute approximate surface area is 166 Å². The van der Waals surface area contributed by atoms with Crippen LogP contribution in [-0.4, -0.2) is 16.7 Å². The second kappa shape index (κ2) is 7.46. The zero-order chi connectivity index (χ0) is 20.5. The molecular formula is C21H18FN3O4. The molecule has 2 atom stereocenters. The molecule has 0 bridgehead atoms. The summed E-state index contributed by atoms with van der Waals surface area (Å²) in [7, 11) is 0. The molecule has 0 radical (unpaired) electrons. The zero-order valence-corrected chi connectivity index (χ0v) is 15.4. The van der Waals surface area contributed by atoms with Gasteiger partial charge < -0.3 is 5.32 Å². The topological polar surface area (TPSA) is 92.6 Å². The maximum absolute atomic E-state index is 13.8. The molecule has 1 aliphatic carbocycles. The fourth-order valence-electron chi connectivity index (χ4n) is 3.85. The molecule has 29 heavy (non-hydrogen) atoms. The van der Waals surface area contributed by atoms with E-state index in [1.54, 1.807) is 18.2 Å². The minimum atomic E-state index is -0.590. The highest BCUT2D eigenvalue weighted by Gasteiger charge is 2.48. The van der Waals surface area contributed by atoms with E-state index in [1.807, 2.05) is 12.2 Å². The van der Waals surface area contributed by atoms with E-state index in [1.165, 1.54) is 24.3 Å². The average Bonchev–Trinajstić information content (AvgIpc) is 2.98. The van der Waals surface area contributed by atoms with E-state index in [0.29, 0.717) is 18.4 Å². The van der Waals surface area contributed by atoms with Crippen molar-refractivity contribution in [3.05, 3.63) is 76.1 Å². The number of nitro groups is 1. The van der Waals surface area contributed by atoms with Gasteiger partial charge in [0.05, 0.1) is 22.4 Å². The maximum atomic E-state index is 13.8. The van der Waals surface area contributed by atoms with Gasteiger partial charge in [-0.1, -0.05) is 30.4 Å². The van der Waals surface area contributed by atoms with Crippen LogP contribution in [0.4, 0.5) is 21.5 Å². The molecule has 0 unspecified atom stereocenters. The number of nitrogens with one attached hydrogen (secondary N) is 1. The number of amides is 2. The van der Waals surface area contributed by atoms with E-state index in [9.17, 15) is 24.1 Å². The molecule has 1 N–H and O–H groups in total. The summed E-state index contributed by atoms with van der Waals surface area (Å²) in [6.07, 6.45) is 4.76. The molecule has 0 aromatic heterocycles. The number of nitrogens with zero attached hydrogens (tertiary/aromatic N) is 2. The second-order valence-corrected chi connectivity index (χ2v) is 7.07. The molecule has 4 rings (SSSR count). The number of anilines is 2. The van der Waals surface area contributed by atoms with Crippen molar-refractivity contribution in [3.8, 4) is 0 Å². The quantitative estimate of drug-likeness (QED) is 0.360. The van der Waals surface area contributed by atoms with Crippen LogP contribution < -0.4 is 10.2 Å². The first kappa shape index (κ1) is 18.8. The standard InChI is InChI=1S/C21H18FN3O4/c22-17-8-4-1-5-13(17)12-23-18-10-9-14(11-19(18)25(28)29)24-20(26)15-6-2-3-7-16(15)21(24)27/h1-5,8-11,15-16,23H,6-7,12H2/t15-,16+. The van der Waals surface area contributed by atoms with E-state index in [4.69, 9.17) is 0 Å². The van der Waals surface area contributed by atoms with Crippen molar-refractivity contribution < 1.29 is 18.9 Å². The van der Waals surface area contributed by atoms with Crippen molar-refractivity contribution in [2.24, 2.45) is 11.8 Å². The van der Waals surface area contributed by atoms with Crippen LogP contribution >= 0.6 is 0 Å². The van der Waals surface area contributed by atoms with E-state index in [2.05, 4.69) is 5.32 Å². The predicted molar refractivity (Wildman–Crippen MR) is 105 cm³/mol. The lowest BCUT2D eigenvalue weighted by Gasteiger charge is -2.16. The Balaban J connectivity index is 1.61. The molecule has 1 aliphatic heterocycles. The number of nitro benzene ring substituents is 1. The monoisotopic (exact) mass is 395 g/mol. The van der Waals surface area contributed by atoms with Crippen LogP contribution in [0.1, 0.15) is 18.4 Å². The van der Waals surface area contributed by atoms with Crippen molar-refractivity contribution in [1.29, 1.82) is 0 Å². The van der Waals surface area contributed by atoms with Crippen LogP contribution in [0, 0.1) is 27.8 Å². The Hall–Kier alpha value is -3.55. The van der Waals surface area contributed by atoms with Crippen LogP contribution in [0.3, 0.4) is 0 Å².